The topological polar surface area (TPSA) is 77.4 Å². The SMILES string of the molecule is COc1ccc(CNC(=O)Nn2cnc3ccccc32)cc1OC. The van der Waals surface area contributed by atoms with Gasteiger partial charge in [0.2, 0.25) is 0 Å². The molecule has 0 atom stereocenters. The fraction of sp³-hybridized carbons (Fsp3) is 0.176. The third-order valence-corrected chi connectivity index (χ3v) is 3.58. The van der Waals surface area contributed by atoms with Crippen molar-refractivity contribution in [2.24, 2.45) is 0 Å². The molecule has 3 aromatic rings. The third kappa shape index (κ3) is 3.24. The largest absolute Gasteiger partial charge is 0.493 e. The molecule has 2 N–H and O–H groups in total. The number of fused-ring (bicyclic) bond motifs is 1. The van der Waals surface area contributed by atoms with Crippen molar-refractivity contribution in [1.82, 2.24) is 15.0 Å². The average molecular weight is 326 g/mol. The summed E-state index contributed by atoms with van der Waals surface area (Å²) in [5.74, 6) is 1.27. The molecule has 1 aromatic heterocycles. The second-order valence-corrected chi connectivity index (χ2v) is 5.09. The lowest BCUT2D eigenvalue weighted by Crippen LogP contribution is -2.33. The summed E-state index contributed by atoms with van der Waals surface area (Å²) in [5, 5.41) is 2.80. The van der Waals surface area contributed by atoms with Crippen LogP contribution in [-0.4, -0.2) is 29.9 Å². The first kappa shape index (κ1) is 15.7. The zero-order chi connectivity index (χ0) is 16.9. The van der Waals surface area contributed by atoms with Gasteiger partial charge in [-0.25, -0.2) is 19.9 Å². The Morgan fingerprint density at radius 3 is 2.71 bits per heavy atom. The Bertz CT molecular complexity index is 860. The number of imidazole rings is 1. The number of rotatable bonds is 5. The highest BCUT2D eigenvalue weighted by Gasteiger charge is 2.07. The van der Waals surface area contributed by atoms with E-state index in [0.717, 1.165) is 16.6 Å². The monoisotopic (exact) mass is 326 g/mol. The minimum Gasteiger partial charge on any atom is -0.493 e. The van der Waals surface area contributed by atoms with Gasteiger partial charge in [-0.1, -0.05) is 18.2 Å². The summed E-state index contributed by atoms with van der Waals surface area (Å²) < 4.78 is 12.0. The van der Waals surface area contributed by atoms with Crippen LogP contribution in [0.2, 0.25) is 0 Å². The highest BCUT2D eigenvalue weighted by Crippen LogP contribution is 2.27. The minimum absolute atomic E-state index is 0.326. The van der Waals surface area contributed by atoms with Crippen LogP contribution >= 0.6 is 0 Å². The maximum atomic E-state index is 12.1. The summed E-state index contributed by atoms with van der Waals surface area (Å²) in [6, 6.07) is 12.7. The second kappa shape index (κ2) is 6.91. The van der Waals surface area contributed by atoms with Gasteiger partial charge in [0.15, 0.2) is 11.5 Å². The third-order valence-electron chi connectivity index (χ3n) is 3.58. The fourth-order valence-corrected chi connectivity index (χ4v) is 2.37. The quantitative estimate of drug-likeness (QED) is 0.755. The average Bonchev–Trinajstić information content (AvgIpc) is 3.02. The van der Waals surface area contributed by atoms with Gasteiger partial charge in [0, 0.05) is 6.54 Å². The van der Waals surface area contributed by atoms with E-state index in [1.54, 1.807) is 31.3 Å². The van der Waals surface area contributed by atoms with E-state index in [1.807, 2.05) is 36.4 Å². The second-order valence-electron chi connectivity index (χ2n) is 5.09. The molecule has 0 unspecified atom stereocenters. The number of nitrogens with one attached hydrogen (secondary N) is 2. The summed E-state index contributed by atoms with van der Waals surface area (Å²) in [6.45, 7) is 0.360. The molecule has 7 heteroatoms. The number of nitrogens with zero attached hydrogens (tertiary/aromatic N) is 2. The Balaban J connectivity index is 1.63. The van der Waals surface area contributed by atoms with Crippen LogP contribution in [0.3, 0.4) is 0 Å². The van der Waals surface area contributed by atoms with Gasteiger partial charge in [-0.05, 0) is 29.8 Å². The first-order valence-corrected chi connectivity index (χ1v) is 7.39. The molecule has 0 aliphatic heterocycles. The number of hydrogen-bond acceptors (Lipinski definition) is 4. The summed E-state index contributed by atoms with van der Waals surface area (Å²) in [4.78, 5) is 16.3. The Morgan fingerprint density at radius 1 is 1.12 bits per heavy atom. The maximum Gasteiger partial charge on any atom is 0.334 e. The van der Waals surface area contributed by atoms with Gasteiger partial charge in [0.1, 0.15) is 6.33 Å². The van der Waals surface area contributed by atoms with Crippen molar-refractivity contribution >= 4 is 17.1 Å². The Hall–Kier alpha value is -3.22. The van der Waals surface area contributed by atoms with Crippen LogP contribution in [0.5, 0.6) is 11.5 Å². The van der Waals surface area contributed by atoms with Crippen LogP contribution in [0.1, 0.15) is 5.56 Å². The number of amides is 2. The lowest BCUT2D eigenvalue weighted by Gasteiger charge is -2.11. The van der Waals surface area contributed by atoms with Crippen LogP contribution in [0.15, 0.2) is 48.8 Å². The van der Waals surface area contributed by atoms with E-state index in [2.05, 4.69) is 15.7 Å². The van der Waals surface area contributed by atoms with Gasteiger partial charge in [0.25, 0.3) is 0 Å². The minimum atomic E-state index is -0.326. The van der Waals surface area contributed by atoms with Crippen LogP contribution in [0, 0.1) is 0 Å². The van der Waals surface area contributed by atoms with Crippen LogP contribution in [0.25, 0.3) is 11.0 Å². The summed E-state index contributed by atoms with van der Waals surface area (Å²) in [5.41, 5.74) is 5.29. The molecule has 7 nitrogen and oxygen atoms in total. The van der Waals surface area contributed by atoms with Crippen molar-refractivity contribution in [3.63, 3.8) is 0 Å². The molecule has 0 aliphatic rings. The first-order valence-electron chi connectivity index (χ1n) is 7.39. The lowest BCUT2D eigenvalue weighted by molar-refractivity contribution is 0.249. The molecule has 2 amide bonds. The van der Waals surface area contributed by atoms with Crippen molar-refractivity contribution < 1.29 is 14.3 Å². The van der Waals surface area contributed by atoms with Crippen molar-refractivity contribution in [1.29, 1.82) is 0 Å². The van der Waals surface area contributed by atoms with Gasteiger partial charge < -0.3 is 14.8 Å². The van der Waals surface area contributed by atoms with Gasteiger partial charge in [-0.2, -0.15) is 0 Å². The number of methoxy groups -OCH3 is 2. The van der Waals surface area contributed by atoms with E-state index in [0.29, 0.717) is 18.0 Å². The van der Waals surface area contributed by atoms with Crippen molar-refractivity contribution in [2.75, 3.05) is 19.6 Å². The maximum absolute atomic E-state index is 12.1. The van der Waals surface area contributed by atoms with E-state index in [9.17, 15) is 4.79 Å². The van der Waals surface area contributed by atoms with E-state index < -0.39 is 0 Å². The number of carbonyl (C=O) groups excluding carboxylic acids is 1. The standard InChI is InChI=1S/C17H18N4O3/c1-23-15-8-7-12(9-16(15)24-2)10-18-17(22)20-21-11-19-13-5-3-4-6-14(13)21/h3-9,11H,10H2,1-2H3,(H2,18,20,22). The van der Waals surface area contributed by atoms with Crippen LogP contribution in [0.4, 0.5) is 4.79 Å². The van der Waals surface area contributed by atoms with E-state index in [1.165, 1.54) is 0 Å². The van der Waals surface area contributed by atoms with Crippen LogP contribution < -0.4 is 20.2 Å². The predicted octanol–water partition coefficient (Wildman–Crippen LogP) is 2.51. The molecular weight excluding hydrogens is 308 g/mol. The highest BCUT2D eigenvalue weighted by molar-refractivity contribution is 5.85. The normalized spacial score (nSPS) is 10.4. The number of aromatic nitrogens is 2. The fourth-order valence-electron chi connectivity index (χ4n) is 2.37. The molecular formula is C17H18N4O3. The molecule has 2 aromatic carbocycles. The Labute approximate surface area is 139 Å². The molecule has 0 fully saturated rings. The molecule has 24 heavy (non-hydrogen) atoms. The molecule has 1 heterocycles. The number of hydrogen-bond donors (Lipinski definition) is 2. The van der Waals surface area contributed by atoms with Crippen LogP contribution in [-0.2, 0) is 6.54 Å². The van der Waals surface area contributed by atoms with Crippen molar-refractivity contribution in [2.45, 2.75) is 6.54 Å². The zero-order valence-electron chi connectivity index (χ0n) is 13.4. The number of urea groups is 1. The molecule has 0 saturated carbocycles. The van der Waals surface area contributed by atoms with Crippen molar-refractivity contribution in [3.05, 3.63) is 54.4 Å². The Kier molecular flexibility index (Phi) is 4.51. The summed E-state index contributed by atoms with van der Waals surface area (Å²) >= 11 is 0. The lowest BCUT2D eigenvalue weighted by atomic mass is 10.2. The first-order chi connectivity index (χ1) is 11.7. The van der Waals surface area contributed by atoms with E-state index >= 15 is 0 Å². The number of para-hydroxylation sites is 2. The zero-order valence-corrected chi connectivity index (χ0v) is 13.4. The molecule has 0 aliphatic carbocycles. The van der Waals surface area contributed by atoms with Gasteiger partial charge >= 0.3 is 6.03 Å². The van der Waals surface area contributed by atoms with Gasteiger partial charge in [-0.3, -0.25) is 0 Å². The predicted molar refractivity (Wildman–Crippen MR) is 90.9 cm³/mol. The molecule has 0 spiro atoms. The molecule has 124 valence electrons. The molecule has 0 radical (unpaired) electrons. The molecule has 0 bridgehead atoms. The van der Waals surface area contributed by atoms with Crippen molar-refractivity contribution in [3.8, 4) is 11.5 Å². The van der Waals surface area contributed by atoms with E-state index in [-0.39, 0.29) is 6.03 Å². The van der Waals surface area contributed by atoms with E-state index in [4.69, 9.17) is 9.47 Å². The highest BCUT2D eigenvalue weighted by atomic mass is 16.5. The number of benzene rings is 2. The summed E-state index contributed by atoms with van der Waals surface area (Å²) in [6.07, 6.45) is 1.57. The summed E-state index contributed by atoms with van der Waals surface area (Å²) in [7, 11) is 3.16. The number of ether oxygens (including phenoxy) is 2. The molecule has 3 rings (SSSR count). The Morgan fingerprint density at radius 2 is 1.92 bits per heavy atom. The van der Waals surface area contributed by atoms with Gasteiger partial charge in [-0.15, -0.1) is 0 Å². The smallest absolute Gasteiger partial charge is 0.334 e. The number of carbonyl (C=O) groups is 1. The molecule has 0 saturated heterocycles. The van der Waals surface area contributed by atoms with Gasteiger partial charge in [0.05, 0.1) is 25.3 Å².